The van der Waals surface area contributed by atoms with Gasteiger partial charge in [0.15, 0.2) is 10.2 Å². The molecular weight excluding hydrogens is 526 g/mol. The number of benzene rings is 2. The largest absolute Gasteiger partial charge is 0.452 e. The van der Waals surface area contributed by atoms with Gasteiger partial charge in [-0.25, -0.2) is 0 Å². The fourth-order valence-electron chi connectivity index (χ4n) is 3.69. The van der Waals surface area contributed by atoms with E-state index >= 15 is 0 Å². The van der Waals surface area contributed by atoms with E-state index in [0.29, 0.717) is 10.1 Å². The van der Waals surface area contributed by atoms with Crippen LogP contribution in [0.15, 0.2) is 104 Å². The van der Waals surface area contributed by atoms with Gasteiger partial charge in [-0.3, -0.25) is 4.98 Å². The number of hydrogen-bond donors (Lipinski definition) is 1. The van der Waals surface area contributed by atoms with Crippen molar-refractivity contribution in [2.45, 2.75) is 22.1 Å². The molecule has 4 nitrogen and oxygen atoms in total. The summed E-state index contributed by atoms with van der Waals surface area (Å²) in [6.07, 6.45) is 1.80. The lowest BCUT2D eigenvalue weighted by molar-refractivity contribution is 0.383. The molecule has 0 bridgehead atoms. The number of aromatic nitrogens is 1. The standard InChI is InChI=1S/C24H17BrClN3OS2/c25-15-4-8-17(9-5-15)29-23(22(28-24(29)31)19-3-1-2-14-27-19)20-12-13-21(30-20)32-18-10-6-16(26)7-11-18/h1-14,22-23H,(H,28,31)/t22-,23+/m1/s1. The molecule has 2 aromatic heterocycles. The predicted octanol–water partition coefficient (Wildman–Crippen LogP) is 7.42. The number of nitrogens with one attached hydrogen (secondary N) is 1. The quantitative estimate of drug-likeness (QED) is 0.265. The number of halogens is 2. The Hall–Kier alpha value is -2.32. The van der Waals surface area contributed by atoms with Crippen LogP contribution in [0.4, 0.5) is 5.69 Å². The molecule has 1 fully saturated rings. The molecule has 0 spiro atoms. The number of pyridine rings is 1. The Balaban J connectivity index is 1.52. The summed E-state index contributed by atoms with van der Waals surface area (Å²) in [5.74, 6) is 0.812. The van der Waals surface area contributed by atoms with Crippen LogP contribution in [0, 0.1) is 0 Å². The fourth-order valence-corrected chi connectivity index (χ4v) is 5.21. The first-order valence-corrected chi connectivity index (χ1v) is 12.3. The summed E-state index contributed by atoms with van der Waals surface area (Å²) in [6, 6.07) is 25.4. The van der Waals surface area contributed by atoms with Crippen LogP contribution in [0.25, 0.3) is 0 Å². The highest BCUT2D eigenvalue weighted by Crippen LogP contribution is 2.43. The van der Waals surface area contributed by atoms with E-state index in [1.54, 1.807) is 18.0 Å². The molecule has 32 heavy (non-hydrogen) atoms. The average Bonchev–Trinajstić information content (AvgIpc) is 3.40. The second-order valence-corrected chi connectivity index (χ2v) is 10.0. The van der Waals surface area contributed by atoms with Crippen molar-refractivity contribution in [3.8, 4) is 0 Å². The molecule has 1 N–H and O–H groups in total. The van der Waals surface area contributed by atoms with Crippen LogP contribution in [-0.2, 0) is 0 Å². The highest BCUT2D eigenvalue weighted by molar-refractivity contribution is 9.10. The third kappa shape index (κ3) is 4.43. The third-order valence-corrected chi connectivity index (χ3v) is 7.15. The smallest absolute Gasteiger partial charge is 0.174 e. The van der Waals surface area contributed by atoms with Gasteiger partial charge in [0.25, 0.3) is 0 Å². The summed E-state index contributed by atoms with van der Waals surface area (Å²) in [5, 5.41) is 5.60. The van der Waals surface area contributed by atoms with Crippen molar-refractivity contribution < 1.29 is 4.42 Å². The van der Waals surface area contributed by atoms with Crippen LogP contribution in [-0.4, -0.2) is 10.1 Å². The van der Waals surface area contributed by atoms with Crippen LogP contribution in [0.3, 0.4) is 0 Å². The van der Waals surface area contributed by atoms with Crippen molar-refractivity contribution >= 4 is 62.3 Å². The van der Waals surface area contributed by atoms with Crippen molar-refractivity contribution in [2.24, 2.45) is 0 Å². The molecule has 0 amide bonds. The topological polar surface area (TPSA) is 41.3 Å². The van der Waals surface area contributed by atoms with Gasteiger partial charge in [-0.05, 0) is 85.0 Å². The number of thiocarbonyl (C=S) groups is 1. The first-order valence-electron chi connectivity index (χ1n) is 9.88. The summed E-state index contributed by atoms with van der Waals surface area (Å²) in [7, 11) is 0. The molecular formula is C24H17BrClN3OS2. The number of hydrogen-bond acceptors (Lipinski definition) is 4. The van der Waals surface area contributed by atoms with Gasteiger partial charge in [-0.2, -0.15) is 0 Å². The van der Waals surface area contributed by atoms with Crippen molar-refractivity contribution in [2.75, 3.05) is 4.90 Å². The minimum Gasteiger partial charge on any atom is -0.452 e. The molecule has 3 heterocycles. The second-order valence-electron chi connectivity index (χ2n) is 7.19. The normalized spacial score (nSPS) is 18.1. The predicted molar refractivity (Wildman–Crippen MR) is 136 cm³/mol. The summed E-state index contributed by atoms with van der Waals surface area (Å²) in [5.41, 5.74) is 1.89. The number of rotatable bonds is 5. The van der Waals surface area contributed by atoms with Crippen molar-refractivity contribution in [1.82, 2.24) is 10.3 Å². The van der Waals surface area contributed by atoms with Crippen LogP contribution < -0.4 is 10.2 Å². The molecule has 160 valence electrons. The first-order chi connectivity index (χ1) is 15.6. The maximum absolute atomic E-state index is 6.33. The molecule has 1 aliphatic rings. The van der Waals surface area contributed by atoms with Gasteiger partial charge in [0, 0.05) is 26.3 Å². The summed E-state index contributed by atoms with van der Waals surface area (Å²) in [6.45, 7) is 0. The Labute approximate surface area is 209 Å². The Kier molecular flexibility index (Phi) is 6.24. The molecule has 5 rings (SSSR count). The average molecular weight is 543 g/mol. The van der Waals surface area contributed by atoms with Gasteiger partial charge in [-0.1, -0.05) is 45.4 Å². The fraction of sp³-hybridized carbons (Fsp3) is 0.0833. The highest BCUT2D eigenvalue weighted by atomic mass is 79.9. The molecule has 0 aliphatic carbocycles. The Morgan fingerprint density at radius 1 is 1.00 bits per heavy atom. The summed E-state index contributed by atoms with van der Waals surface area (Å²) >= 11 is 16.8. The zero-order valence-electron chi connectivity index (χ0n) is 16.6. The van der Waals surface area contributed by atoms with Crippen LogP contribution >= 0.6 is 51.5 Å². The molecule has 4 aromatic rings. The van der Waals surface area contributed by atoms with Crippen LogP contribution in [0.1, 0.15) is 23.5 Å². The maximum atomic E-state index is 6.33. The lowest BCUT2D eigenvalue weighted by Crippen LogP contribution is -2.29. The second kappa shape index (κ2) is 9.27. The lowest BCUT2D eigenvalue weighted by Gasteiger charge is -2.26. The first kappa shape index (κ1) is 21.5. The number of nitrogens with zero attached hydrogens (tertiary/aromatic N) is 2. The van der Waals surface area contributed by atoms with Gasteiger partial charge in [-0.15, -0.1) is 0 Å². The molecule has 0 saturated carbocycles. The molecule has 1 saturated heterocycles. The van der Waals surface area contributed by atoms with E-state index in [-0.39, 0.29) is 12.1 Å². The third-order valence-electron chi connectivity index (χ3n) is 5.13. The van der Waals surface area contributed by atoms with E-state index in [1.807, 2.05) is 78.9 Å². The molecule has 8 heteroatoms. The van der Waals surface area contributed by atoms with E-state index in [4.69, 9.17) is 28.2 Å². The van der Waals surface area contributed by atoms with Gasteiger partial charge >= 0.3 is 0 Å². The van der Waals surface area contributed by atoms with Crippen LogP contribution in [0.5, 0.6) is 0 Å². The van der Waals surface area contributed by atoms with Gasteiger partial charge in [0.1, 0.15) is 11.8 Å². The van der Waals surface area contributed by atoms with Crippen molar-refractivity contribution in [1.29, 1.82) is 0 Å². The Morgan fingerprint density at radius 3 is 2.50 bits per heavy atom. The molecule has 0 unspecified atom stereocenters. The zero-order valence-corrected chi connectivity index (χ0v) is 20.6. The van der Waals surface area contributed by atoms with E-state index in [2.05, 4.69) is 31.1 Å². The molecule has 0 radical (unpaired) electrons. The van der Waals surface area contributed by atoms with Gasteiger partial charge < -0.3 is 14.6 Å². The minimum absolute atomic E-state index is 0.146. The molecule has 1 aliphatic heterocycles. The molecule has 2 atom stereocenters. The van der Waals surface area contributed by atoms with Gasteiger partial charge in [0.05, 0.1) is 11.7 Å². The van der Waals surface area contributed by atoms with E-state index in [9.17, 15) is 0 Å². The van der Waals surface area contributed by atoms with Crippen LogP contribution in [0.2, 0.25) is 5.02 Å². The summed E-state index contributed by atoms with van der Waals surface area (Å²) < 4.78 is 7.34. The van der Waals surface area contributed by atoms with E-state index < -0.39 is 0 Å². The van der Waals surface area contributed by atoms with E-state index in [1.165, 1.54) is 0 Å². The van der Waals surface area contributed by atoms with Gasteiger partial charge in [0.2, 0.25) is 0 Å². The minimum atomic E-state index is -0.182. The maximum Gasteiger partial charge on any atom is 0.174 e. The number of furan rings is 1. The molecule has 2 aromatic carbocycles. The monoisotopic (exact) mass is 541 g/mol. The Bertz CT molecular complexity index is 1230. The zero-order chi connectivity index (χ0) is 22.1. The van der Waals surface area contributed by atoms with Crippen molar-refractivity contribution in [3.63, 3.8) is 0 Å². The Morgan fingerprint density at radius 2 is 1.78 bits per heavy atom. The lowest BCUT2D eigenvalue weighted by atomic mass is 10.0. The number of anilines is 1. The SMILES string of the molecule is S=C1N[C@H](c2ccccn2)[C@H](c2ccc(Sc3ccc(Cl)cc3)o2)N1c1ccc(Br)cc1. The van der Waals surface area contributed by atoms with Crippen molar-refractivity contribution in [3.05, 3.63) is 106 Å². The summed E-state index contributed by atoms with van der Waals surface area (Å²) in [4.78, 5) is 7.73. The van der Waals surface area contributed by atoms with E-state index in [0.717, 1.165) is 31.6 Å². The highest BCUT2D eigenvalue weighted by Gasteiger charge is 2.42.